The molecule has 1 nitrogen and oxygen atoms in total. The first-order chi connectivity index (χ1) is 4.62. The largest absolute Gasteiger partial charge is 0.317 e. The minimum absolute atomic E-state index is 0.167. The summed E-state index contributed by atoms with van der Waals surface area (Å²) in [5.41, 5.74) is 0. The van der Waals surface area contributed by atoms with Crippen molar-refractivity contribution in [2.45, 2.75) is 38.8 Å². The molecule has 0 aromatic heterocycles. The molecule has 62 valence electrons. The molecule has 0 saturated heterocycles. The van der Waals surface area contributed by atoms with E-state index in [0.29, 0.717) is 5.04 Å². The highest BCUT2D eigenvalue weighted by atomic mass is 28.2. The van der Waals surface area contributed by atoms with Crippen molar-refractivity contribution >= 4 is 9.52 Å². The predicted octanol–water partition coefficient (Wildman–Crippen LogP) is 1.40. The first-order valence-electron chi connectivity index (χ1n) is 4.33. The molecule has 0 spiro atoms. The van der Waals surface area contributed by atoms with Crippen LogP contribution in [-0.4, -0.2) is 22.6 Å². The van der Waals surface area contributed by atoms with Crippen molar-refractivity contribution in [3.63, 3.8) is 0 Å². The van der Waals surface area contributed by atoms with Crippen LogP contribution < -0.4 is 5.32 Å². The maximum absolute atomic E-state index is 3.41. The minimum atomic E-state index is 0.167. The van der Waals surface area contributed by atoms with E-state index in [0.717, 1.165) is 6.54 Å². The summed E-state index contributed by atoms with van der Waals surface area (Å²) in [5, 5.41) is 4.04. The van der Waals surface area contributed by atoms with Crippen molar-refractivity contribution < 1.29 is 0 Å². The molecular formula is C8H21NSi. The van der Waals surface area contributed by atoms with E-state index in [1.807, 2.05) is 0 Å². The first kappa shape index (κ1) is 10.2. The highest BCUT2D eigenvalue weighted by Crippen LogP contribution is 2.21. The van der Waals surface area contributed by atoms with Gasteiger partial charge in [-0.2, -0.15) is 0 Å². The second kappa shape index (κ2) is 4.91. The molecule has 0 radical (unpaired) electrons. The third kappa shape index (κ3) is 5.00. The van der Waals surface area contributed by atoms with E-state index in [9.17, 15) is 0 Å². The highest BCUT2D eigenvalue weighted by molar-refractivity contribution is 6.39. The highest BCUT2D eigenvalue weighted by Gasteiger charge is 2.15. The molecule has 0 rings (SSSR count). The Hall–Kier alpha value is 0.177. The van der Waals surface area contributed by atoms with Crippen LogP contribution in [0.3, 0.4) is 0 Å². The number of nitrogens with one attached hydrogen (secondary N) is 1. The van der Waals surface area contributed by atoms with Gasteiger partial charge in [0.05, 0.1) is 0 Å². The van der Waals surface area contributed by atoms with Crippen LogP contribution in [0.2, 0.25) is 11.1 Å². The van der Waals surface area contributed by atoms with Gasteiger partial charge < -0.3 is 5.32 Å². The van der Waals surface area contributed by atoms with Gasteiger partial charge in [0.15, 0.2) is 0 Å². The molecule has 10 heavy (non-hydrogen) atoms. The van der Waals surface area contributed by atoms with Gasteiger partial charge >= 0.3 is 0 Å². The van der Waals surface area contributed by atoms with Crippen molar-refractivity contribution in [1.82, 2.24) is 5.32 Å². The molecule has 0 unspecified atom stereocenters. The standard InChI is InChI=1S/C8H21NSi/c1-5-9-7-8(3,4)10-6-2/h9H,5-7,10H2,1-4H3. The normalized spacial score (nSPS) is 13.2. The van der Waals surface area contributed by atoms with Crippen LogP contribution in [0.15, 0.2) is 0 Å². The van der Waals surface area contributed by atoms with Gasteiger partial charge in [-0.1, -0.05) is 33.7 Å². The lowest BCUT2D eigenvalue weighted by atomic mass is 10.2. The Morgan fingerprint density at radius 1 is 1.30 bits per heavy atom. The zero-order chi connectivity index (χ0) is 8.04. The van der Waals surface area contributed by atoms with E-state index in [4.69, 9.17) is 0 Å². The monoisotopic (exact) mass is 159 g/mol. The molecule has 0 atom stereocenters. The molecule has 0 aromatic rings. The van der Waals surface area contributed by atoms with Gasteiger partial charge in [0.25, 0.3) is 0 Å². The van der Waals surface area contributed by atoms with E-state index in [1.54, 1.807) is 0 Å². The summed E-state index contributed by atoms with van der Waals surface area (Å²) < 4.78 is 0. The van der Waals surface area contributed by atoms with Gasteiger partial charge in [-0.05, 0) is 18.1 Å². The number of hydrogen-bond acceptors (Lipinski definition) is 1. The van der Waals surface area contributed by atoms with E-state index in [-0.39, 0.29) is 9.52 Å². The van der Waals surface area contributed by atoms with Crippen LogP contribution in [-0.2, 0) is 0 Å². The van der Waals surface area contributed by atoms with Crippen LogP contribution in [0.1, 0.15) is 27.7 Å². The van der Waals surface area contributed by atoms with Crippen molar-refractivity contribution in [3.05, 3.63) is 0 Å². The lowest BCUT2D eigenvalue weighted by Crippen LogP contribution is -2.28. The first-order valence-corrected chi connectivity index (χ1v) is 6.04. The SMILES string of the molecule is CCNCC(C)(C)[SiH2]CC. The summed E-state index contributed by atoms with van der Waals surface area (Å²) in [6.07, 6.45) is 0. The third-order valence-corrected chi connectivity index (χ3v) is 3.88. The molecular weight excluding hydrogens is 138 g/mol. The van der Waals surface area contributed by atoms with E-state index in [2.05, 4.69) is 33.0 Å². The molecule has 0 saturated carbocycles. The smallest absolute Gasteiger partial charge is 0.0277 e. The van der Waals surface area contributed by atoms with Crippen molar-refractivity contribution in [2.75, 3.05) is 13.1 Å². The van der Waals surface area contributed by atoms with Crippen LogP contribution >= 0.6 is 0 Å². The summed E-state index contributed by atoms with van der Waals surface area (Å²) in [6.45, 7) is 11.6. The molecule has 0 aromatic carbocycles. The Labute approximate surface area is 67.4 Å². The molecule has 0 bridgehead atoms. The van der Waals surface area contributed by atoms with Crippen LogP contribution in [0.4, 0.5) is 0 Å². The van der Waals surface area contributed by atoms with Crippen molar-refractivity contribution in [3.8, 4) is 0 Å². The zero-order valence-electron chi connectivity index (χ0n) is 7.83. The van der Waals surface area contributed by atoms with Gasteiger partial charge in [-0.3, -0.25) is 0 Å². The lowest BCUT2D eigenvalue weighted by molar-refractivity contribution is 0.579. The molecule has 0 heterocycles. The number of rotatable bonds is 5. The number of hydrogen-bond donors (Lipinski definition) is 1. The quantitative estimate of drug-likeness (QED) is 0.598. The van der Waals surface area contributed by atoms with Gasteiger partial charge in [0.2, 0.25) is 0 Å². The fourth-order valence-electron chi connectivity index (χ4n) is 1.23. The average Bonchev–Trinajstić information content (AvgIpc) is 1.84. The van der Waals surface area contributed by atoms with Crippen molar-refractivity contribution in [1.29, 1.82) is 0 Å². The Kier molecular flexibility index (Phi) is 5.00. The third-order valence-electron chi connectivity index (χ3n) is 1.78. The van der Waals surface area contributed by atoms with E-state index in [1.165, 1.54) is 12.6 Å². The van der Waals surface area contributed by atoms with Gasteiger partial charge in [0.1, 0.15) is 0 Å². The van der Waals surface area contributed by atoms with Crippen molar-refractivity contribution in [2.24, 2.45) is 0 Å². The summed E-state index contributed by atoms with van der Waals surface area (Å²) >= 11 is 0. The predicted molar refractivity (Wildman–Crippen MR) is 51.6 cm³/mol. The molecule has 2 heteroatoms. The molecule has 0 aliphatic carbocycles. The Morgan fingerprint density at radius 2 is 1.90 bits per heavy atom. The molecule has 1 N–H and O–H groups in total. The summed E-state index contributed by atoms with van der Waals surface area (Å²) in [4.78, 5) is 0. The Balaban J connectivity index is 3.42. The average molecular weight is 159 g/mol. The molecule has 0 aliphatic rings. The van der Waals surface area contributed by atoms with Crippen LogP contribution in [0.25, 0.3) is 0 Å². The van der Waals surface area contributed by atoms with E-state index < -0.39 is 0 Å². The Bertz CT molecular complexity index is 81.3. The second-order valence-corrected chi connectivity index (χ2v) is 7.11. The fourth-order valence-corrected chi connectivity index (χ4v) is 2.94. The maximum Gasteiger partial charge on any atom is 0.0277 e. The fraction of sp³-hybridized carbons (Fsp3) is 1.00. The van der Waals surface area contributed by atoms with E-state index >= 15 is 0 Å². The molecule has 0 fully saturated rings. The topological polar surface area (TPSA) is 12.0 Å². The second-order valence-electron chi connectivity index (χ2n) is 3.69. The van der Waals surface area contributed by atoms with Gasteiger partial charge in [-0.15, -0.1) is 0 Å². The summed E-state index contributed by atoms with van der Waals surface area (Å²) in [7, 11) is 0.167. The Morgan fingerprint density at radius 3 is 2.30 bits per heavy atom. The molecule has 0 aliphatic heterocycles. The van der Waals surface area contributed by atoms with Gasteiger partial charge in [0, 0.05) is 9.52 Å². The minimum Gasteiger partial charge on any atom is -0.317 e. The summed E-state index contributed by atoms with van der Waals surface area (Å²) in [5.74, 6) is 0. The lowest BCUT2D eigenvalue weighted by Gasteiger charge is -2.23. The maximum atomic E-state index is 3.41. The summed E-state index contributed by atoms with van der Waals surface area (Å²) in [6, 6.07) is 1.43. The zero-order valence-corrected chi connectivity index (χ0v) is 9.24. The van der Waals surface area contributed by atoms with Crippen LogP contribution in [0, 0.1) is 0 Å². The molecule has 0 amide bonds. The van der Waals surface area contributed by atoms with Gasteiger partial charge in [-0.25, -0.2) is 0 Å². The van der Waals surface area contributed by atoms with Crippen LogP contribution in [0.5, 0.6) is 0 Å².